The standard InChI is InChI=1S/C11H9F3N2O5S2/c1-23(20,21)3-2-16-8(17)5-4-22-7(6(5)9(16)18)15-10(19)11(12,13)14/h4H,2-3H2,1H3,(H,15,19). The molecule has 0 aromatic carbocycles. The van der Waals surface area contributed by atoms with Crippen LogP contribution in [0.5, 0.6) is 0 Å². The molecule has 0 aliphatic carbocycles. The molecule has 1 aliphatic heterocycles. The van der Waals surface area contributed by atoms with Crippen LogP contribution in [0.15, 0.2) is 5.38 Å². The van der Waals surface area contributed by atoms with Gasteiger partial charge in [0, 0.05) is 18.2 Å². The van der Waals surface area contributed by atoms with Gasteiger partial charge in [-0.3, -0.25) is 19.3 Å². The Kier molecular flexibility index (Phi) is 4.24. The van der Waals surface area contributed by atoms with Gasteiger partial charge in [0.1, 0.15) is 14.8 Å². The SMILES string of the molecule is CS(=O)(=O)CCN1C(=O)c2csc(NC(=O)C(F)(F)F)c2C1=O. The van der Waals surface area contributed by atoms with E-state index in [1.165, 1.54) is 0 Å². The van der Waals surface area contributed by atoms with Gasteiger partial charge in [-0.05, 0) is 0 Å². The molecule has 1 aliphatic rings. The number of sulfone groups is 1. The fourth-order valence-corrected chi connectivity index (χ4v) is 3.26. The second-order valence-corrected chi connectivity index (χ2v) is 7.84. The number of nitrogens with one attached hydrogen (secondary N) is 1. The summed E-state index contributed by atoms with van der Waals surface area (Å²) in [7, 11) is -3.44. The smallest absolute Gasteiger partial charge is 0.309 e. The van der Waals surface area contributed by atoms with Gasteiger partial charge in [0.25, 0.3) is 11.8 Å². The Balaban J connectivity index is 2.25. The van der Waals surface area contributed by atoms with Crippen molar-refractivity contribution in [2.75, 3.05) is 23.9 Å². The van der Waals surface area contributed by atoms with Crippen LogP contribution in [-0.2, 0) is 14.6 Å². The summed E-state index contributed by atoms with van der Waals surface area (Å²) in [6.07, 6.45) is -4.22. The lowest BCUT2D eigenvalue weighted by atomic mass is 10.2. The summed E-state index contributed by atoms with van der Waals surface area (Å²) in [4.78, 5) is 35.7. The van der Waals surface area contributed by atoms with Crippen molar-refractivity contribution in [2.24, 2.45) is 0 Å². The minimum atomic E-state index is -5.14. The summed E-state index contributed by atoms with van der Waals surface area (Å²) in [6.45, 7) is -0.414. The third-order valence-electron chi connectivity index (χ3n) is 2.90. The molecule has 0 atom stereocenters. The number of carbonyl (C=O) groups excluding carboxylic acids is 3. The maximum atomic E-state index is 12.3. The van der Waals surface area contributed by atoms with Gasteiger partial charge in [-0.25, -0.2) is 8.42 Å². The first-order valence-electron chi connectivity index (χ1n) is 5.95. The van der Waals surface area contributed by atoms with Crippen LogP contribution in [-0.4, -0.2) is 55.8 Å². The summed E-state index contributed by atoms with van der Waals surface area (Å²) in [5.41, 5.74) is -0.517. The average Bonchev–Trinajstić information content (AvgIpc) is 2.88. The van der Waals surface area contributed by atoms with E-state index in [4.69, 9.17) is 0 Å². The Morgan fingerprint density at radius 3 is 2.43 bits per heavy atom. The molecule has 2 heterocycles. The monoisotopic (exact) mass is 370 g/mol. The van der Waals surface area contributed by atoms with Gasteiger partial charge in [-0.1, -0.05) is 0 Å². The zero-order valence-corrected chi connectivity index (χ0v) is 13.1. The van der Waals surface area contributed by atoms with Crippen molar-refractivity contribution < 1.29 is 36.0 Å². The lowest BCUT2D eigenvalue weighted by Gasteiger charge is -2.13. The molecule has 3 amide bonds. The highest BCUT2D eigenvalue weighted by molar-refractivity contribution is 7.90. The number of amides is 3. The fourth-order valence-electron chi connectivity index (χ4n) is 1.83. The Hall–Kier alpha value is -1.95. The van der Waals surface area contributed by atoms with Crippen molar-refractivity contribution in [2.45, 2.75) is 6.18 Å². The lowest BCUT2D eigenvalue weighted by molar-refractivity contribution is -0.167. The van der Waals surface area contributed by atoms with Gasteiger partial charge in [-0.2, -0.15) is 13.2 Å². The van der Waals surface area contributed by atoms with Crippen LogP contribution in [0.4, 0.5) is 18.2 Å². The van der Waals surface area contributed by atoms with Crippen molar-refractivity contribution in [1.82, 2.24) is 4.90 Å². The highest BCUT2D eigenvalue weighted by Gasteiger charge is 2.43. The third kappa shape index (κ3) is 3.52. The van der Waals surface area contributed by atoms with E-state index in [0.717, 1.165) is 11.6 Å². The molecule has 23 heavy (non-hydrogen) atoms. The molecule has 0 unspecified atom stereocenters. The van der Waals surface area contributed by atoms with Crippen molar-refractivity contribution in [3.63, 3.8) is 0 Å². The number of anilines is 1. The number of hydrogen-bond donors (Lipinski definition) is 1. The number of hydrogen-bond acceptors (Lipinski definition) is 6. The molecular weight excluding hydrogens is 361 g/mol. The second kappa shape index (κ2) is 5.60. The molecule has 0 saturated heterocycles. The van der Waals surface area contributed by atoms with Gasteiger partial charge in [0.15, 0.2) is 0 Å². The van der Waals surface area contributed by atoms with Crippen molar-refractivity contribution in [3.8, 4) is 0 Å². The Morgan fingerprint density at radius 1 is 1.30 bits per heavy atom. The van der Waals surface area contributed by atoms with E-state index < -0.39 is 51.0 Å². The van der Waals surface area contributed by atoms with Crippen molar-refractivity contribution >= 4 is 43.9 Å². The first-order chi connectivity index (χ1) is 10.4. The van der Waals surface area contributed by atoms with E-state index in [1.54, 1.807) is 5.32 Å². The zero-order chi connectivity index (χ0) is 17.6. The van der Waals surface area contributed by atoms with Gasteiger partial charge in [0.2, 0.25) is 0 Å². The van der Waals surface area contributed by atoms with Crippen LogP contribution in [0.25, 0.3) is 0 Å². The van der Waals surface area contributed by atoms with Crippen LogP contribution in [0.2, 0.25) is 0 Å². The van der Waals surface area contributed by atoms with E-state index in [1.807, 2.05) is 0 Å². The largest absolute Gasteiger partial charge is 0.471 e. The molecule has 2 rings (SSSR count). The van der Waals surface area contributed by atoms with Gasteiger partial charge in [-0.15, -0.1) is 11.3 Å². The summed E-state index contributed by atoms with van der Waals surface area (Å²) >= 11 is 0.611. The number of nitrogens with zero attached hydrogens (tertiary/aromatic N) is 1. The topological polar surface area (TPSA) is 101 Å². The maximum Gasteiger partial charge on any atom is 0.471 e. The number of alkyl halides is 3. The molecule has 0 saturated carbocycles. The molecule has 1 aromatic heterocycles. The molecular formula is C11H9F3N2O5S2. The molecule has 12 heteroatoms. The Morgan fingerprint density at radius 2 is 1.91 bits per heavy atom. The van der Waals surface area contributed by atoms with Gasteiger partial charge < -0.3 is 5.32 Å². The predicted octanol–water partition coefficient (Wildman–Crippen LogP) is 0.889. The highest BCUT2D eigenvalue weighted by atomic mass is 32.2. The molecule has 1 aromatic rings. The lowest BCUT2D eigenvalue weighted by Crippen LogP contribution is -2.34. The highest BCUT2D eigenvalue weighted by Crippen LogP contribution is 2.36. The summed E-state index contributed by atoms with van der Waals surface area (Å²) in [5.74, 6) is -4.48. The van der Waals surface area contributed by atoms with Gasteiger partial charge >= 0.3 is 12.1 Å². The van der Waals surface area contributed by atoms with E-state index in [0.29, 0.717) is 16.2 Å². The van der Waals surface area contributed by atoms with Crippen molar-refractivity contribution in [3.05, 3.63) is 16.5 Å². The molecule has 0 spiro atoms. The van der Waals surface area contributed by atoms with E-state index in [-0.39, 0.29) is 11.1 Å². The normalized spacial score (nSPS) is 15.0. The van der Waals surface area contributed by atoms with Crippen LogP contribution in [0.1, 0.15) is 20.7 Å². The van der Waals surface area contributed by atoms with Crippen LogP contribution < -0.4 is 5.32 Å². The zero-order valence-electron chi connectivity index (χ0n) is 11.4. The predicted molar refractivity (Wildman–Crippen MR) is 74.1 cm³/mol. The average molecular weight is 370 g/mol. The molecule has 0 bridgehead atoms. The number of carbonyl (C=O) groups is 3. The van der Waals surface area contributed by atoms with Crippen molar-refractivity contribution in [1.29, 1.82) is 0 Å². The van der Waals surface area contributed by atoms with Crippen LogP contribution in [0, 0.1) is 0 Å². The molecule has 1 N–H and O–H groups in total. The third-order valence-corrected chi connectivity index (χ3v) is 4.72. The van der Waals surface area contributed by atoms with Crippen LogP contribution >= 0.6 is 11.3 Å². The summed E-state index contributed by atoms with van der Waals surface area (Å²) in [5, 5.41) is 2.28. The minimum Gasteiger partial charge on any atom is -0.309 e. The van der Waals surface area contributed by atoms with Crippen LogP contribution in [0.3, 0.4) is 0 Å². The number of rotatable bonds is 4. The van der Waals surface area contributed by atoms with E-state index in [9.17, 15) is 36.0 Å². The quantitative estimate of drug-likeness (QED) is 0.794. The minimum absolute atomic E-state index is 0.161. The summed E-state index contributed by atoms with van der Waals surface area (Å²) in [6, 6.07) is 0. The molecule has 0 fully saturated rings. The number of thiophene rings is 1. The number of fused-ring (bicyclic) bond motifs is 1. The number of imide groups is 1. The van der Waals surface area contributed by atoms with E-state index in [2.05, 4.69) is 0 Å². The Bertz CT molecular complexity index is 797. The molecule has 7 nitrogen and oxygen atoms in total. The number of halogens is 3. The molecule has 126 valence electrons. The Labute approximate surface area is 132 Å². The first-order valence-corrected chi connectivity index (χ1v) is 8.89. The van der Waals surface area contributed by atoms with E-state index >= 15 is 0 Å². The molecule has 0 radical (unpaired) electrons. The first kappa shape index (κ1) is 17.4. The van der Waals surface area contributed by atoms with Gasteiger partial charge in [0.05, 0.1) is 16.9 Å². The second-order valence-electron chi connectivity index (χ2n) is 4.70. The summed E-state index contributed by atoms with van der Waals surface area (Å²) < 4.78 is 59.0. The fraction of sp³-hybridized carbons (Fsp3) is 0.364. The maximum absolute atomic E-state index is 12.3.